The van der Waals surface area contributed by atoms with E-state index in [4.69, 9.17) is 14.7 Å². The number of esters is 1. The van der Waals surface area contributed by atoms with E-state index in [0.29, 0.717) is 17.0 Å². The van der Waals surface area contributed by atoms with E-state index in [2.05, 4.69) is 5.10 Å². The largest absolute Gasteiger partial charge is 0.496 e. The van der Waals surface area contributed by atoms with Crippen molar-refractivity contribution in [3.05, 3.63) is 66.4 Å². The van der Waals surface area contributed by atoms with Crippen LogP contribution in [0, 0.1) is 11.3 Å². The smallest absolute Gasteiger partial charge is 0.342 e. The first-order valence-corrected chi connectivity index (χ1v) is 9.61. The third-order valence-electron chi connectivity index (χ3n) is 4.63. The molecule has 3 aromatic rings. The summed E-state index contributed by atoms with van der Waals surface area (Å²) in [5.41, 5.74) is 1.99. The first-order chi connectivity index (χ1) is 15.0. The van der Waals surface area contributed by atoms with Crippen molar-refractivity contribution in [1.82, 2.24) is 14.7 Å². The summed E-state index contributed by atoms with van der Waals surface area (Å²) < 4.78 is 12.3. The summed E-state index contributed by atoms with van der Waals surface area (Å²) in [4.78, 5) is 26.4. The molecule has 1 amide bonds. The van der Waals surface area contributed by atoms with Crippen molar-refractivity contribution in [3.8, 4) is 28.8 Å². The van der Waals surface area contributed by atoms with Gasteiger partial charge in [-0.15, -0.1) is 0 Å². The Morgan fingerprint density at radius 2 is 1.84 bits per heavy atom. The summed E-state index contributed by atoms with van der Waals surface area (Å²) in [6, 6.07) is 18.5. The fraction of sp³-hybridized carbons (Fsp3) is 0.217. The van der Waals surface area contributed by atoms with Gasteiger partial charge in [0.05, 0.1) is 25.3 Å². The van der Waals surface area contributed by atoms with Crippen LogP contribution in [-0.4, -0.2) is 53.9 Å². The number of nitrogens with zero attached hydrogens (tertiary/aromatic N) is 4. The number of hydrogen-bond acceptors (Lipinski definition) is 6. The number of likely N-dealkylation sites (N-methyl/N-ethyl adjacent to an activating group) is 1. The Bertz CT molecular complexity index is 1100. The average Bonchev–Trinajstić information content (AvgIpc) is 3.26. The zero-order valence-electron chi connectivity index (χ0n) is 17.3. The molecule has 0 bridgehead atoms. The van der Waals surface area contributed by atoms with Crippen LogP contribution in [0.15, 0.2) is 60.8 Å². The van der Waals surface area contributed by atoms with Gasteiger partial charge in [0, 0.05) is 25.4 Å². The van der Waals surface area contributed by atoms with Crippen molar-refractivity contribution in [2.75, 3.05) is 27.3 Å². The average molecular weight is 418 g/mol. The Morgan fingerprint density at radius 1 is 1.13 bits per heavy atom. The van der Waals surface area contributed by atoms with Gasteiger partial charge in [-0.1, -0.05) is 30.3 Å². The van der Waals surface area contributed by atoms with Gasteiger partial charge in [0.1, 0.15) is 17.0 Å². The first-order valence-electron chi connectivity index (χ1n) is 9.61. The SMILES string of the molecule is COc1ccccc1-c1nn(-c2ccccc2)cc1C(=O)OCC(=O)N(C)CCC#N. The number of amides is 1. The number of aromatic nitrogens is 2. The van der Waals surface area contributed by atoms with Gasteiger partial charge in [-0.05, 0) is 24.3 Å². The molecule has 0 fully saturated rings. The van der Waals surface area contributed by atoms with Crippen LogP contribution in [0.25, 0.3) is 16.9 Å². The summed E-state index contributed by atoms with van der Waals surface area (Å²) in [5, 5.41) is 13.2. The fourth-order valence-electron chi connectivity index (χ4n) is 2.93. The van der Waals surface area contributed by atoms with Crippen LogP contribution in [0.3, 0.4) is 0 Å². The lowest BCUT2D eigenvalue weighted by molar-refractivity contribution is -0.133. The molecule has 0 N–H and O–H groups in total. The van der Waals surface area contributed by atoms with Crippen molar-refractivity contribution in [3.63, 3.8) is 0 Å². The molecular weight excluding hydrogens is 396 g/mol. The molecule has 0 saturated carbocycles. The van der Waals surface area contributed by atoms with Gasteiger partial charge in [-0.25, -0.2) is 9.48 Å². The second-order valence-electron chi connectivity index (χ2n) is 6.67. The van der Waals surface area contributed by atoms with Crippen molar-refractivity contribution in [1.29, 1.82) is 5.26 Å². The van der Waals surface area contributed by atoms with Gasteiger partial charge in [-0.2, -0.15) is 10.4 Å². The fourth-order valence-corrected chi connectivity index (χ4v) is 2.93. The minimum atomic E-state index is -0.676. The molecule has 0 saturated heterocycles. The highest BCUT2D eigenvalue weighted by atomic mass is 16.5. The second kappa shape index (κ2) is 10.1. The van der Waals surface area contributed by atoms with E-state index >= 15 is 0 Å². The van der Waals surface area contributed by atoms with Crippen LogP contribution < -0.4 is 4.74 Å². The predicted molar refractivity (Wildman–Crippen MR) is 114 cm³/mol. The van der Waals surface area contributed by atoms with Gasteiger partial charge < -0.3 is 14.4 Å². The molecule has 3 rings (SSSR count). The number of carbonyl (C=O) groups excluding carboxylic acids is 2. The molecule has 0 spiro atoms. The topological polar surface area (TPSA) is 97.5 Å². The van der Waals surface area contributed by atoms with E-state index in [1.165, 1.54) is 4.90 Å². The molecule has 0 aliphatic carbocycles. The highest BCUT2D eigenvalue weighted by Crippen LogP contribution is 2.32. The highest BCUT2D eigenvalue weighted by molar-refractivity contribution is 5.98. The first kappa shape index (κ1) is 21.6. The van der Waals surface area contributed by atoms with Gasteiger partial charge >= 0.3 is 5.97 Å². The van der Waals surface area contributed by atoms with Crippen molar-refractivity contribution in [2.24, 2.45) is 0 Å². The lowest BCUT2D eigenvalue weighted by Gasteiger charge is -2.15. The zero-order chi connectivity index (χ0) is 22.2. The van der Waals surface area contributed by atoms with Gasteiger partial charge in [0.25, 0.3) is 5.91 Å². The number of para-hydroxylation sites is 2. The monoisotopic (exact) mass is 418 g/mol. The Labute approximate surface area is 180 Å². The standard InChI is InChI=1S/C23H22N4O4/c1-26(14-8-13-24)21(28)16-31-23(29)19-15-27(17-9-4-3-5-10-17)25-22(19)18-11-6-7-12-20(18)30-2/h3-7,9-12,15H,8,14,16H2,1-2H3. The number of benzene rings is 2. The maximum atomic E-state index is 12.9. The molecule has 0 unspecified atom stereocenters. The van der Waals surface area contributed by atoms with E-state index in [9.17, 15) is 9.59 Å². The van der Waals surface area contributed by atoms with E-state index in [0.717, 1.165) is 5.69 Å². The maximum Gasteiger partial charge on any atom is 0.342 e. The second-order valence-corrected chi connectivity index (χ2v) is 6.67. The molecule has 8 heteroatoms. The summed E-state index contributed by atoms with van der Waals surface area (Å²) >= 11 is 0. The van der Waals surface area contributed by atoms with Gasteiger partial charge in [-0.3, -0.25) is 4.79 Å². The van der Waals surface area contributed by atoms with Gasteiger partial charge in [0.15, 0.2) is 6.61 Å². The Morgan fingerprint density at radius 3 is 2.55 bits per heavy atom. The van der Waals surface area contributed by atoms with Crippen LogP contribution in [0.5, 0.6) is 5.75 Å². The molecule has 0 aliphatic rings. The van der Waals surface area contributed by atoms with Crippen LogP contribution in [0.4, 0.5) is 0 Å². The Balaban J connectivity index is 1.91. The molecule has 0 radical (unpaired) electrons. The summed E-state index contributed by atoms with van der Waals surface area (Å²) in [6.45, 7) is -0.159. The number of ether oxygens (including phenoxy) is 2. The summed E-state index contributed by atoms with van der Waals surface area (Å²) in [5.74, 6) is -0.509. The Hall–Kier alpha value is -4.12. The van der Waals surface area contributed by atoms with E-state index in [1.807, 2.05) is 48.5 Å². The lowest BCUT2D eigenvalue weighted by atomic mass is 10.1. The quantitative estimate of drug-likeness (QED) is 0.522. The molecule has 8 nitrogen and oxygen atoms in total. The molecular formula is C23H22N4O4. The molecule has 158 valence electrons. The zero-order valence-corrected chi connectivity index (χ0v) is 17.3. The predicted octanol–water partition coefficient (Wildman–Crippen LogP) is 3.08. The van der Waals surface area contributed by atoms with Crippen LogP contribution in [0.2, 0.25) is 0 Å². The van der Waals surface area contributed by atoms with Crippen molar-refractivity contribution < 1.29 is 19.1 Å². The maximum absolute atomic E-state index is 12.9. The van der Waals surface area contributed by atoms with Crippen molar-refractivity contribution >= 4 is 11.9 Å². The third kappa shape index (κ3) is 5.08. The molecule has 1 heterocycles. The third-order valence-corrected chi connectivity index (χ3v) is 4.63. The number of rotatable bonds is 8. The van der Waals surface area contributed by atoms with E-state index < -0.39 is 18.5 Å². The number of carbonyl (C=O) groups is 2. The number of methoxy groups -OCH3 is 1. The van der Waals surface area contributed by atoms with Gasteiger partial charge in [0.2, 0.25) is 0 Å². The van der Waals surface area contributed by atoms with E-state index in [1.54, 1.807) is 37.2 Å². The summed E-state index contributed by atoms with van der Waals surface area (Å²) in [6.07, 6.45) is 1.78. The van der Waals surface area contributed by atoms with Crippen LogP contribution >= 0.6 is 0 Å². The molecule has 0 atom stereocenters. The molecule has 0 aliphatic heterocycles. The molecule has 31 heavy (non-hydrogen) atoms. The summed E-state index contributed by atoms with van der Waals surface area (Å²) in [7, 11) is 3.10. The van der Waals surface area contributed by atoms with Crippen LogP contribution in [-0.2, 0) is 9.53 Å². The number of hydrogen-bond donors (Lipinski definition) is 0. The number of nitriles is 1. The molecule has 2 aromatic carbocycles. The normalized spacial score (nSPS) is 10.2. The van der Waals surface area contributed by atoms with Crippen LogP contribution in [0.1, 0.15) is 16.8 Å². The lowest BCUT2D eigenvalue weighted by Crippen LogP contribution is -2.31. The highest BCUT2D eigenvalue weighted by Gasteiger charge is 2.23. The molecule has 1 aromatic heterocycles. The van der Waals surface area contributed by atoms with Crippen molar-refractivity contribution in [2.45, 2.75) is 6.42 Å². The minimum Gasteiger partial charge on any atom is -0.496 e. The van der Waals surface area contributed by atoms with E-state index in [-0.39, 0.29) is 18.5 Å². The Kier molecular flexibility index (Phi) is 7.01. The minimum absolute atomic E-state index is 0.206.